The van der Waals surface area contributed by atoms with Gasteiger partial charge < -0.3 is 14.7 Å². The largest absolute Gasteiger partial charge is 0.388 e. The average Bonchev–Trinajstić information content (AvgIpc) is 2.93. The maximum atomic E-state index is 10.8. The second-order valence-electron chi connectivity index (χ2n) is 7.74. The SMILES string of the molecule is CN(C[C@@H]1CCCN(C)[C@H]1c1ccnn1C)CC1(O)CCOCC1. The van der Waals surface area contributed by atoms with Crippen molar-refractivity contribution in [3.63, 3.8) is 0 Å². The highest BCUT2D eigenvalue weighted by atomic mass is 16.5. The van der Waals surface area contributed by atoms with Crippen LogP contribution in [0.25, 0.3) is 0 Å². The number of likely N-dealkylation sites (N-methyl/N-ethyl adjacent to an activating group) is 1. The molecule has 1 aromatic heterocycles. The van der Waals surface area contributed by atoms with Crippen LogP contribution in [0.1, 0.15) is 37.4 Å². The molecule has 0 aliphatic carbocycles. The van der Waals surface area contributed by atoms with E-state index in [1.807, 2.05) is 17.9 Å². The Hall–Kier alpha value is -0.950. The van der Waals surface area contributed by atoms with Crippen molar-refractivity contribution in [1.82, 2.24) is 19.6 Å². The summed E-state index contributed by atoms with van der Waals surface area (Å²) in [6.45, 7) is 4.22. The van der Waals surface area contributed by atoms with E-state index in [1.54, 1.807) is 0 Å². The van der Waals surface area contributed by atoms with Crippen molar-refractivity contribution in [3.8, 4) is 0 Å². The normalized spacial score (nSPS) is 28.4. The van der Waals surface area contributed by atoms with Crippen LogP contribution in [0, 0.1) is 5.92 Å². The van der Waals surface area contributed by atoms with E-state index in [-0.39, 0.29) is 0 Å². The minimum Gasteiger partial charge on any atom is -0.388 e. The van der Waals surface area contributed by atoms with Gasteiger partial charge in [-0.25, -0.2) is 0 Å². The highest BCUT2D eigenvalue weighted by molar-refractivity contribution is 5.10. The molecule has 2 fully saturated rings. The summed E-state index contributed by atoms with van der Waals surface area (Å²) in [5.74, 6) is 0.563. The number of hydrogen-bond donors (Lipinski definition) is 1. The van der Waals surface area contributed by atoms with E-state index in [0.29, 0.717) is 25.2 Å². The molecule has 0 radical (unpaired) electrons. The number of rotatable bonds is 5. The predicted molar refractivity (Wildman–Crippen MR) is 93.8 cm³/mol. The lowest BCUT2D eigenvalue weighted by Gasteiger charge is -2.42. The first-order valence-electron chi connectivity index (χ1n) is 9.15. The van der Waals surface area contributed by atoms with E-state index < -0.39 is 5.60 Å². The standard InChI is InChI=1S/C18H32N4O2/c1-20(14-18(23)7-11-24-12-8-18)13-15-5-4-10-21(2)17(15)16-6-9-19-22(16)3/h6,9,15,17,23H,4-5,7-8,10-14H2,1-3H3/t15-,17+/m0/s1. The molecular formula is C18H32N4O2. The third-order valence-electron chi connectivity index (χ3n) is 5.70. The minimum absolute atomic E-state index is 0.401. The monoisotopic (exact) mass is 336 g/mol. The Balaban J connectivity index is 1.66. The zero-order valence-electron chi connectivity index (χ0n) is 15.3. The first kappa shape index (κ1) is 17.9. The summed E-state index contributed by atoms with van der Waals surface area (Å²) in [6, 6.07) is 2.55. The van der Waals surface area contributed by atoms with Gasteiger partial charge in [-0.2, -0.15) is 5.10 Å². The van der Waals surface area contributed by atoms with Gasteiger partial charge in [0.15, 0.2) is 0 Å². The molecule has 0 unspecified atom stereocenters. The molecule has 3 heterocycles. The summed E-state index contributed by atoms with van der Waals surface area (Å²) in [4.78, 5) is 4.78. The van der Waals surface area contributed by atoms with Gasteiger partial charge >= 0.3 is 0 Å². The molecule has 0 saturated carbocycles. The van der Waals surface area contributed by atoms with Crippen molar-refractivity contribution < 1.29 is 9.84 Å². The molecule has 2 aliphatic heterocycles. The molecule has 0 amide bonds. The van der Waals surface area contributed by atoms with Crippen LogP contribution >= 0.6 is 0 Å². The van der Waals surface area contributed by atoms with Gasteiger partial charge in [0.05, 0.1) is 17.3 Å². The topological polar surface area (TPSA) is 53.8 Å². The van der Waals surface area contributed by atoms with Crippen LogP contribution in [0.3, 0.4) is 0 Å². The lowest BCUT2D eigenvalue weighted by Crippen LogP contribution is -2.48. The van der Waals surface area contributed by atoms with Crippen LogP contribution in [0.4, 0.5) is 0 Å². The minimum atomic E-state index is -0.588. The molecule has 1 aromatic rings. The van der Waals surface area contributed by atoms with E-state index in [0.717, 1.165) is 32.5 Å². The Morgan fingerprint density at radius 1 is 1.38 bits per heavy atom. The van der Waals surface area contributed by atoms with Gasteiger partial charge in [0, 0.05) is 52.4 Å². The smallest absolute Gasteiger partial charge is 0.0817 e. The number of piperidine rings is 1. The molecule has 136 valence electrons. The first-order chi connectivity index (χ1) is 11.5. The van der Waals surface area contributed by atoms with Crippen LogP contribution in [0.2, 0.25) is 0 Å². The summed E-state index contributed by atoms with van der Waals surface area (Å²) in [7, 11) is 6.39. The molecule has 2 aliphatic rings. The third kappa shape index (κ3) is 3.99. The number of hydrogen-bond acceptors (Lipinski definition) is 5. The molecule has 0 spiro atoms. The van der Waals surface area contributed by atoms with E-state index in [4.69, 9.17) is 4.74 Å². The molecule has 0 aromatic carbocycles. The fraction of sp³-hybridized carbons (Fsp3) is 0.833. The van der Waals surface area contributed by atoms with Crippen LogP contribution in [0.15, 0.2) is 12.3 Å². The summed E-state index contributed by atoms with van der Waals surface area (Å²) in [5.41, 5.74) is 0.704. The molecule has 1 N–H and O–H groups in total. The van der Waals surface area contributed by atoms with Crippen LogP contribution in [-0.2, 0) is 11.8 Å². The highest BCUT2D eigenvalue weighted by Crippen LogP contribution is 2.35. The van der Waals surface area contributed by atoms with E-state index in [2.05, 4.69) is 35.1 Å². The zero-order valence-corrected chi connectivity index (χ0v) is 15.3. The quantitative estimate of drug-likeness (QED) is 0.878. The molecule has 2 saturated heterocycles. The van der Waals surface area contributed by atoms with Gasteiger partial charge in [-0.15, -0.1) is 0 Å². The Labute approximate surface area is 145 Å². The average molecular weight is 336 g/mol. The first-order valence-corrected chi connectivity index (χ1v) is 9.15. The second kappa shape index (κ2) is 7.52. The molecule has 2 atom stereocenters. The summed E-state index contributed by atoms with van der Waals surface area (Å²) in [5, 5.41) is 15.1. The van der Waals surface area contributed by atoms with Crippen molar-refractivity contribution >= 4 is 0 Å². The van der Waals surface area contributed by atoms with Gasteiger partial charge in [0.2, 0.25) is 0 Å². The van der Waals surface area contributed by atoms with Gasteiger partial charge in [-0.05, 0) is 45.5 Å². The molecule has 3 rings (SSSR count). The van der Waals surface area contributed by atoms with Crippen molar-refractivity contribution in [1.29, 1.82) is 0 Å². The van der Waals surface area contributed by atoms with Crippen molar-refractivity contribution in [2.45, 2.75) is 37.3 Å². The number of aryl methyl sites for hydroxylation is 1. The molecular weight excluding hydrogens is 304 g/mol. The van der Waals surface area contributed by atoms with E-state index in [1.165, 1.54) is 18.5 Å². The maximum absolute atomic E-state index is 10.8. The van der Waals surface area contributed by atoms with Gasteiger partial charge in [0.25, 0.3) is 0 Å². The Bertz CT molecular complexity index is 527. The number of likely N-dealkylation sites (tertiary alicyclic amines) is 1. The van der Waals surface area contributed by atoms with Crippen molar-refractivity contribution in [2.24, 2.45) is 13.0 Å². The van der Waals surface area contributed by atoms with Crippen LogP contribution in [-0.4, -0.2) is 77.2 Å². The lowest BCUT2D eigenvalue weighted by atomic mass is 9.86. The highest BCUT2D eigenvalue weighted by Gasteiger charge is 2.35. The van der Waals surface area contributed by atoms with E-state index in [9.17, 15) is 5.11 Å². The molecule has 0 bridgehead atoms. The third-order valence-corrected chi connectivity index (χ3v) is 5.70. The summed E-state index contributed by atoms with van der Waals surface area (Å²) < 4.78 is 7.40. The van der Waals surface area contributed by atoms with Crippen LogP contribution < -0.4 is 0 Å². The van der Waals surface area contributed by atoms with Crippen molar-refractivity contribution in [3.05, 3.63) is 18.0 Å². The Kier molecular flexibility index (Phi) is 5.59. The number of aromatic nitrogens is 2. The predicted octanol–water partition coefficient (Wildman–Crippen LogP) is 1.28. The Morgan fingerprint density at radius 2 is 2.12 bits per heavy atom. The fourth-order valence-electron chi connectivity index (χ4n) is 4.47. The van der Waals surface area contributed by atoms with Gasteiger partial charge in [-0.3, -0.25) is 9.58 Å². The lowest BCUT2D eigenvalue weighted by molar-refractivity contribution is -0.0798. The van der Waals surface area contributed by atoms with E-state index >= 15 is 0 Å². The second-order valence-corrected chi connectivity index (χ2v) is 7.74. The van der Waals surface area contributed by atoms with Crippen molar-refractivity contribution in [2.75, 3.05) is 46.9 Å². The summed E-state index contributed by atoms with van der Waals surface area (Å²) in [6.07, 6.45) is 5.84. The Morgan fingerprint density at radius 3 is 2.79 bits per heavy atom. The molecule has 6 heteroatoms. The summed E-state index contributed by atoms with van der Waals surface area (Å²) >= 11 is 0. The number of nitrogens with zero attached hydrogens (tertiary/aromatic N) is 4. The van der Waals surface area contributed by atoms with Gasteiger partial charge in [-0.1, -0.05) is 0 Å². The maximum Gasteiger partial charge on any atom is 0.0817 e. The number of ether oxygens (including phenoxy) is 1. The van der Waals surface area contributed by atoms with Crippen LogP contribution in [0.5, 0.6) is 0 Å². The zero-order chi connectivity index (χ0) is 17.2. The molecule has 24 heavy (non-hydrogen) atoms. The van der Waals surface area contributed by atoms with Gasteiger partial charge in [0.1, 0.15) is 0 Å². The fourth-order valence-corrected chi connectivity index (χ4v) is 4.47. The number of aliphatic hydroxyl groups is 1. The molecule has 6 nitrogen and oxygen atoms in total.